The molecule has 0 fully saturated rings. The Hall–Kier alpha value is -2.31. The smallest absolute Gasteiger partial charge is 0.138 e. The van der Waals surface area contributed by atoms with Crippen LogP contribution in [0.15, 0.2) is 36.4 Å². The van der Waals surface area contributed by atoms with Crippen molar-refractivity contribution in [2.75, 3.05) is 6.61 Å². The van der Waals surface area contributed by atoms with Crippen molar-refractivity contribution >= 4 is 0 Å². The van der Waals surface area contributed by atoms with E-state index < -0.39 is 0 Å². The average molecular weight is 284 g/mol. The molecule has 0 saturated heterocycles. The van der Waals surface area contributed by atoms with Gasteiger partial charge in [0.15, 0.2) is 0 Å². The van der Waals surface area contributed by atoms with E-state index >= 15 is 0 Å². The zero-order chi connectivity index (χ0) is 15.2. The first kappa shape index (κ1) is 15.1. The maximum absolute atomic E-state index is 13.4. The lowest BCUT2D eigenvalue weighted by Gasteiger charge is -2.11. The van der Waals surface area contributed by atoms with Gasteiger partial charge in [0, 0.05) is 6.07 Å². The molecule has 0 aromatic heterocycles. The van der Waals surface area contributed by atoms with E-state index in [1.165, 1.54) is 12.1 Å². The van der Waals surface area contributed by atoms with Gasteiger partial charge in [-0.1, -0.05) is 35.6 Å². The summed E-state index contributed by atoms with van der Waals surface area (Å²) in [5, 5.41) is 8.76. The number of aliphatic hydroxyl groups excluding tert-OH is 1. The third kappa shape index (κ3) is 4.08. The van der Waals surface area contributed by atoms with E-state index in [1.54, 1.807) is 6.07 Å². The molecule has 0 atom stereocenters. The number of hydrogen-bond acceptors (Lipinski definition) is 2. The van der Waals surface area contributed by atoms with Crippen LogP contribution in [0.1, 0.15) is 22.3 Å². The first-order valence-electron chi connectivity index (χ1n) is 6.68. The first-order chi connectivity index (χ1) is 10.1. The van der Waals surface area contributed by atoms with Gasteiger partial charge in [0.05, 0.1) is 5.56 Å². The van der Waals surface area contributed by atoms with Gasteiger partial charge in [0.25, 0.3) is 0 Å². The molecule has 0 aliphatic heterocycles. The number of aryl methyl sites for hydroxylation is 2. The normalized spacial score (nSPS) is 9.90. The van der Waals surface area contributed by atoms with Gasteiger partial charge in [0.2, 0.25) is 0 Å². The van der Waals surface area contributed by atoms with Crippen LogP contribution in [0.5, 0.6) is 5.75 Å². The predicted molar refractivity (Wildman–Crippen MR) is 80.6 cm³/mol. The van der Waals surface area contributed by atoms with Crippen molar-refractivity contribution in [3.63, 3.8) is 0 Å². The fourth-order valence-electron chi connectivity index (χ4n) is 1.96. The lowest BCUT2D eigenvalue weighted by molar-refractivity contribution is 0.303. The number of halogens is 1. The number of rotatable bonds is 3. The second-order valence-electron chi connectivity index (χ2n) is 4.82. The molecule has 2 aromatic carbocycles. The molecule has 0 saturated carbocycles. The minimum Gasteiger partial charge on any atom is -0.487 e. The Labute approximate surface area is 124 Å². The second-order valence-corrected chi connectivity index (χ2v) is 4.82. The van der Waals surface area contributed by atoms with E-state index in [2.05, 4.69) is 11.8 Å². The van der Waals surface area contributed by atoms with Crippen molar-refractivity contribution in [2.45, 2.75) is 20.5 Å². The molecule has 0 heterocycles. The summed E-state index contributed by atoms with van der Waals surface area (Å²) in [6.07, 6.45) is 0. The molecule has 0 bridgehead atoms. The molecule has 2 rings (SSSR count). The van der Waals surface area contributed by atoms with Crippen molar-refractivity contribution in [1.29, 1.82) is 0 Å². The minimum atomic E-state index is -0.375. The van der Waals surface area contributed by atoms with Crippen molar-refractivity contribution in [3.05, 3.63) is 64.5 Å². The molecule has 21 heavy (non-hydrogen) atoms. The van der Waals surface area contributed by atoms with Crippen LogP contribution in [-0.2, 0) is 6.61 Å². The van der Waals surface area contributed by atoms with E-state index in [-0.39, 0.29) is 12.4 Å². The Bertz CT molecular complexity index is 696. The van der Waals surface area contributed by atoms with E-state index in [4.69, 9.17) is 9.84 Å². The third-order valence-electron chi connectivity index (χ3n) is 3.13. The second kappa shape index (κ2) is 6.92. The summed E-state index contributed by atoms with van der Waals surface area (Å²) in [5.74, 6) is 5.32. The molecular formula is C18H17FO2. The van der Waals surface area contributed by atoms with Crippen LogP contribution < -0.4 is 4.74 Å². The molecule has 0 radical (unpaired) electrons. The summed E-state index contributed by atoms with van der Waals surface area (Å²) in [6, 6.07) is 10.3. The van der Waals surface area contributed by atoms with Crippen LogP contribution in [0.4, 0.5) is 4.39 Å². The van der Waals surface area contributed by atoms with Crippen LogP contribution in [0.2, 0.25) is 0 Å². The van der Waals surface area contributed by atoms with E-state index in [9.17, 15) is 4.39 Å². The highest BCUT2D eigenvalue weighted by Gasteiger charge is 2.06. The summed E-state index contributed by atoms with van der Waals surface area (Å²) in [4.78, 5) is 0. The first-order valence-corrected chi connectivity index (χ1v) is 6.68. The highest BCUT2D eigenvalue weighted by molar-refractivity contribution is 5.46. The van der Waals surface area contributed by atoms with Crippen molar-refractivity contribution in [1.82, 2.24) is 0 Å². The maximum Gasteiger partial charge on any atom is 0.138 e. The fourth-order valence-corrected chi connectivity index (χ4v) is 1.96. The summed E-state index contributed by atoms with van der Waals surface area (Å²) >= 11 is 0. The van der Waals surface area contributed by atoms with Crippen LogP contribution in [0, 0.1) is 31.5 Å². The third-order valence-corrected chi connectivity index (χ3v) is 3.13. The predicted octanol–water partition coefficient (Wildman–Crippen LogP) is 3.37. The van der Waals surface area contributed by atoms with E-state index in [1.807, 2.05) is 32.0 Å². The van der Waals surface area contributed by atoms with Gasteiger partial charge in [-0.15, -0.1) is 0 Å². The number of ether oxygens (including phenoxy) is 1. The Morgan fingerprint density at radius 1 is 1.14 bits per heavy atom. The molecule has 3 heteroatoms. The largest absolute Gasteiger partial charge is 0.487 e. The highest BCUT2D eigenvalue weighted by atomic mass is 19.1. The van der Waals surface area contributed by atoms with Crippen molar-refractivity contribution in [2.24, 2.45) is 0 Å². The topological polar surface area (TPSA) is 29.5 Å². The zero-order valence-electron chi connectivity index (χ0n) is 12.1. The molecule has 0 spiro atoms. The summed E-state index contributed by atoms with van der Waals surface area (Å²) in [7, 11) is 0. The minimum absolute atomic E-state index is 0.242. The molecule has 0 aliphatic rings. The van der Waals surface area contributed by atoms with Gasteiger partial charge in [-0.2, -0.15) is 0 Å². The van der Waals surface area contributed by atoms with Gasteiger partial charge in [-0.05, 0) is 37.1 Å². The SMILES string of the molecule is Cc1ccc(C)c(COc2cc(F)ccc2C#CCO)c1. The fraction of sp³-hybridized carbons (Fsp3) is 0.222. The van der Waals surface area contributed by atoms with Crippen LogP contribution >= 0.6 is 0 Å². The summed E-state index contributed by atoms with van der Waals surface area (Å²) < 4.78 is 19.1. The zero-order valence-corrected chi connectivity index (χ0v) is 12.1. The number of benzene rings is 2. The van der Waals surface area contributed by atoms with Gasteiger partial charge in [-0.3, -0.25) is 0 Å². The highest BCUT2D eigenvalue weighted by Crippen LogP contribution is 2.21. The molecule has 108 valence electrons. The lowest BCUT2D eigenvalue weighted by Crippen LogP contribution is -2.00. The lowest BCUT2D eigenvalue weighted by atomic mass is 10.1. The van der Waals surface area contributed by atoms with Gasteiger partial charge in [-0.25, -0.2) is 4.39 Å². The van der Waals surface area contributed by atoms with E-state index in [0.29, 0.717) is 17.9 Å². The Kier molecular flexibility index (Phi) is 4.97. The molecule has 1 N–H and O–H groups in total. The molecular weight excluding hydrogens is 267 g/mol. The monoisotopic (exact) mass is 284 g/mol. The number of aliphatic hydroxyl groups is 1. The summed E-state index contributed by atoms with van der Waals surface area (Å²) in [6.45, 7) is 4.14. The van der Waals surface area contributed by atoms with Crippen LogP contribution in [0.25, 0.3) is 0 Å². The van der Waals surface area contributed by atoms with Crippen molar-refractivity contribution < 1.29 is 14.2 Å². The molecule has 0 unspecified atom stereocenters. The van der Waals surface area contributed by atoms with Gasteiger partial charge < -0.3 is 9.84 Å². The quantitative estimate of drug-likeness (QED) is 0.876. The van der Waals surface area contributed by atoms with E-state index in [0.717, 1.165) is 16.7 Å². The average Bonchev–Trinajstić information content (AvgIpc) is 2.47. The Morgan fingerprint density at radius 3 is 2.71 bits per heavy atom. The van der Waals surface area contributed by atoms with Crippen LogP contribution in [-0.4, -0.2) is 11.7 Å². The van der Waals surface area contributed by atoms with Crippen LogP contribution in [0.3, 0.4) is 0 Å². The molecule has 0 aliphatic carbocycles. The van der Waals surface area contributed by atoms with Crippen molar-refractivity contribution in [3.8, 4) is 17.6 Å². The van der Waals surface area contributed by atoms with Gasteiger partial charge in [0.1, 0.15) is 24.8 Å². The van der Waals surface area contributed by atoms with Gasteiger partial charge >= 0.3 is 0 Å². The maximum atomic E-state index is 13.4. The number of hydrogen-bond donors (Lipinski definition) is 1. The summed E-state index contributed by atoms with van der Waals surface area (Å²) in [5.41, 5.74) is 3.90. The standard InChI is InChI=1S/C18H17FO2/c1-13-5-6-14(2)16(10-13)12-21-18-11-17(19)8-7-15(18)4-3-9-20/h5-8,10-11,20H,9,12H2,1-2H3. The molecule has 2 nitrogen and oxygen atoms in total. The Balaban J connectivity index is 2.23. The Morgan fingerprint density at radius 2 is 1.95 bits per heavy atom. The molecule has 2 aromatic rings. The molecule has 0 amide bonds.